The molecule has 3 amide bonds. The van der Waals surface area contributed by atoms with Gasteiger partial charge in [-0.2, -0.15) is 0 Å². The summed E-state index contributed by atoms with van der Waals surface area (Å²) in [5.41, 5.74) is 0.919. The molecule has 1 saturated heterocycles. The molecule has 0 radical (unpaired) electrons. The van der Waals surface area contributed by atoms with Crippen LogP contribution in [0, 0.1) is 12.8 Å². The highest BCUT2D eigenvalue weighted by molar-refractivity contribution is 6.19. The fourth-order valence-electron chi connectivity index (χ4n) is 3.20. The number of aliphatic imine (C=N–C) groups is 1. The summed E-state index contributed by atoms with van der Waals surface area (Å²) < 4.78 is 3.66. The monoisotopic (exact) mass is 334 g/mol. The Kier molecular flexibility index (Phi) is 4.16. The summed E-state index contributed by atoms with van der Waals surface area (Å²) in [5.74, 6) is 1.22. The van der Waals surface area contributed by atoms with Gasteiger partial charge in [-0.05, 0) is 19.3 Å². The molecular formula is C16H24N5O3+. The van der Waals surface area contributed by atoms with E-state index in [1.54, 1.807) is 11.6 Å². The number of amidine groups is 1. The molecule has 1 N–H and O–H groups in total. The minimum absolute atomic E-state index is 0.0126. The normalized spacial score (nSPS) is 19.9. The number of aryl methyl sites for hydroxylation is 1. The summed E-state index contributed by atoms with van der Waals surface area (Å²) in [6.07, 6.45) is 2.63. The molecule has 1 aromatic heterocycles. The van der Waals surface area contributed by atoms with Crippen LogP contribution in [-0.4, -0.2) is 57.4 Å². The van der Waals surface area contributed by atoms with E-state index in [-0.39, 0.29) is 18.5 Å². The van der Waals surface area contributed by atoms with E-state index in [2.05, 4.69) is 18.8 Å². The highest BCUT2D eigenvalue weighted by Gasteiger charge is 2.52. The second-order valence-electron chi connectivity index (χ2n) is 6.74. The number of imidazole rings is 1. The number of amides is 3. The Labute approximate surface area is 141 Å². The van der Waals surface area contributed by atoms with Crippen molar-refractivity contribution in [2.24, 2.45) is 10.9 Å². The van der Waals surface area contributed by atoms with Gasteiger partial charge in [-0.3, -0.25) is 14.6 Å². The number of fused-ring (bicyclic) bond motifs is 3. The van der Waals surface area contributed by atoms with E-state index in [0.717, 1.165) is 12.1 Å². The maximum Gasteiger partial charge on any atom is 0.402 e. The lowest BCUT2D eigenvalue weighted by Gasteiger charge is -2.33. The zero-order chi connectivity index (χ0) is 17.6. The third-order valence-corrected chi connectivity index (χ3v) is 4.58. The number of rotatable bonds is 5. The Morgan fingerprint density at radius 3 is 2.67 bits per heavy atom. The lowest BCUT2D eigenvalue weighted by Crippen LogP contribution is -2.62. The fourth-order valence-corrected chi connectivity index (χ4v) is 3.20. The van der Waals surface area contributed by atoms with Crippen LogP contribution in [0.3, 0.4) is 0 Å². The molecule has 8 nitrogen and oxygen atoms in total. The number of hydrogen-bond acceptors (Lipinski definition) is 4. The molecule has 3 rings (SSSR count). The van der Waals surface area contributed by atoms with Crippen LogP contribution in [0.4, 0.5) is 10.7 Å². The van der Waals surface area contributed by atoms with Gasteiger partial charge < -0.3 is 5.11 Å². The molecule has 1 atom stereocenters. The van der Waals surface area contributed by atoms with Crippen LogP contribution in [0.5, 0.6) is 0 Å². The van der Waals surface area contributed by atoms with Gasteiger partial charge in [0, 0.05) is 13.6 Å². The van der Waals surface area contributed by atoms with Crippen LogP contribution in [-0.2, 0) is 11.3 Å². The first kappa shape index (κ1) is 16.6. The van der Waals surface area contributed by atoms with Crippen molar-refractivity contribution in [1.29, 1.82) is 0 Å². The number of aliphatic hydroxyl groups excluding tert-OH is 1. The fraction of sp³-hybridized carbons (Fsp3) is 0.625. The smallest absolute Gasteiger partial charge is 0.393 e. The van der Waals surface area contributed by atoms with Crippen molar-refractivity contribution in [1.82, 2.24) is 14.4 Å². The van der Waals surface area contributed by atoms with Gasteiger partial charge in [0.1, 0.15) is 11.9 Å². The van der Waals surface area contributed by atoms with Gasteiger partial charge in [-0.15, -0.1) is 0 Å². The number of carbonyl (C=O) groups excluding carboxylic acids is 2. The molecule has 3 heterocycles. The molecule has 2 aliphatic heterocycles. The standard InChI is InChI=1S/C16H24N5O3/c1-10(2)5-6-20-14(23)12-13(18(4)16(20)24)17-15-19(7-8-22)11(3)9-21(12)15/h9-10,12,22H,5-8H2,1-4H3/q+1. The minimum atomic E-state index is -0.603. The van der Waals surface area contributed by atoms with Gasteiger partial charge in [0.2, 0.25) is 11.9 Å². The predicted molar refractivity (Wildman–Crippen MR) is 86.9 cm³/mol. The third-order valence-electron chi connectivity index (χ3n) is 4.58. The SMILES string of the molecule is Cc1c[n+]2c(n1CCO)N=C1C2C(=O)N(CCC(C)C)C(=O)N1C. The van der Waals surface area contributed by atoms with Crippen molar-refractivity contribution >= 4 is 23.7 Å². The Balaban J connectivity index is 1.99. The topological polar surface area (TPSA) is 82.0 Å². The maximum atomic E-state index is 12.9. The molecule has 0 spiro atoms. The largest absolute Gasteiger partial charge is 0.402 e. The van der Waals surface area contributed by atoms with Crippen LogP contribution in [0.15, 0.2) is 11.2 Å². The summed E-state index contributed by atoms with van der Waals surface area (Å²) in [4.78, 5) is 32.8. The molecule has 24 heavy (non-hydrogen) atoms. The van der Waals surface area contributed by atoms with Crippen LogP contribution in [0.1, 0.15) is 32.0 Å². The second-order valence-corrected chi connectivity index (χ2v) is 6.74. The Morgan fingerprint density at radius 2 is 2.04 bits per heavy atom. The molecule has 130 valence electrons. The average molecular weight is 334 g/mol. The molecule has 0 bridgehead atoms. The zero-order valence-corrected chi connectivity index (χ0v) is 14.6. The van der Waals surface area contributed by atoms with Gasteiger partial charge in [0.05, 0.1) is 13.2 Å². The van der Waals surface area contributed by atoms with Gasteiger partial charge in [0.15, 0.2) is 0 Å². The third kappa shape index (κ3) is 2.41. The number of likely N-dealkylation sites (N-methyl/N-ethyl adjacent to an activating group) is 1. The molecular weight excluding hydrogens is 310 g/mol. The number of nitrogens with zero attached hydrogens (tertiary/aromatic N) is 5. The van der Waals surface area contributed by atoms with Crippen molar-refractivity contribution in [3.05, 3.63) is 11.9 Å². The Hall–Kier alpha value is -2.22. The number of urea groups is 1. The van der Waals surface area contributed by atoms with Crippen LogP contribution < -0.4 is 4.57 Å². The number of hydrogen-bond donors (Lipinski definition) is 1. The number of aliphatic hydroxyl groups is 1. The van der Waals surface area contributed by atoms with Crippen molar-refractivity contribution in [3.8, 4) is 0 Å². The number of aromatic nitrogens is 2. The van der Waals surface area contributed by atoms with E-state index in [9.17, 15) is 14.7 Å². The summed E-state index contributed by atoms with van der Waals surface area (Å²) in [7, 11) is 1.65. The molecule has 1 unspecified atom stereocenters. The summed E-state index contributed by atoms with van der Waals surface area (Å²) in [6, 6.07) is -0.930. The molecule has 8 heteroatoms. The predicted octanol–water partition coefficient (Wildman–Crippen LogP) is 0.601. The first-order valence-corrected chi connectivity index (χ1v) is 8.26. The van der Waals surface area contributed by atoms with Crippen LogP contribution >= 0.6 is 0 Å². The number of carbonyl (C=O) groups is 2. The first-order valence-electron chi connectivity index (χ1n) is 8.26. The van der Waals surface area contributed by atoms with Crippen molar-refractivity contribution in [2.75, 3.05) is 20.2 Å². The van der Waals surface area contributed by atoms with Crippen molar-refractivity contribution in [3.63, 3.8) is 0 Å². The minimum Gasteiger partial charge on any atom is -0.393 e. The highest BCUT2D eigenvalue weighted by Crippen LogP contribution is 2.29. The molecule has 0 aliphatic carbocycles. The lowest BCUT2D eigenvalue weighted by atomic mass is 10.1. The van der Waals surface area contributed by atoms with Gasteiger partial charge in [0.25, 0.3) is 5.91 Å². The molecule has 0 aromatic carbocycles. The van der Waals surface area contributed by atoms with E-state index in [1.165, 1.54) is 9.80 Å². The van der Waals surface area contributed by atoms with E-state index in [0.29, 0.717) is 30.8 Å². The Morgan fingerprint density at radius 1 is 1.33 bits per heavy atom. The quantitative estimate of drug-likeness (QED) is 0.801. The number of imide groups is 1. The van der Waals surface area contributed by atoms with E-state index >= 15 is 0 Å². The van der Waals surface area contributed by atoms with Gasteiger partial charge in [-0.1, -0.05) is 18.8 Å². The summed E-state index contributed by atoms with van der Waals surface area (Å²) in [6.45, 7) is 6.85. The molecule has 0 saturated carbocycles. The van der Waals surface area contributed by atoms with Gasteiger partial charge in [-0.25, -0.2) is 13.9 Å². The van der Waals surface area contributed by atoms with Crippen LogP contribution in [0.2, 0.25) is 0 Å². The van der Waals surface area contributed by atoms with Crippen molar-refractivity contribution < 1.29 is 19.3 Å². The second kappa shape index (κ2) is 6.01. The lowest BCUT2D eigenvalue weighted by molar-refractivity contribution is -0.677. The van der Waals surface area contributed by atoms with E-state index in [1.807, 2.05) is 17.7 Å². The molecule has 1 fully saturated rings. The molecule has 1 aromatic rings. The van der Waals surface area contributed by atoms with Gasteiger partial charge >= 0.3 is 12.0 Å². The summed E-state index contributed by atoms with van der Waals surface area (Å²) in [5, 5.41) is 9.24. The Bertz CT molecular complexity index is 722. The zero-order valence-electron chi connectivity index (χ0n) is 14.6. The van der Waals surface area contributed by atoms with Crippen LogP contribution in [0.25, 0.3) is 0 Å². The maximum absolute atomic E-state index is 12.9. The first-order chi connectivity index (χ1) is 11.4. The molecule has 2 aliphatic rings. The van der Waals surface area contributed by atoms with E-state index in [4.69, 9.17) is 0 Å². The highest BCUT2D eigenvalue weighted by atomic mass is 16.3. The van der Waals surface area contributed by atoms with Crippen molar-refractivity contribution in [2.45, 2.75) is 39.8 Å². The summed E-state index contributed by atoms with van der Waals surface area (Å²) >= 11 is 0. The van der Waals surface area contributed by atoms with E-state index < -0.39 is 6.04 Å². The average Bonchev–Trinajstić information content (AvgIpc) is 3.02.